The molecule has 7 heteroatoms. The molecule has 1 fully saturated rings. The molecule has 2 aromatic carbocycles. The van der Waals surface area contributed by atoms with E-state index in [1.165, 1.54) is 17.2 Å². The first-order valence-electron chi connectivity index (χ1n) is 10.7. The van der Waals surface area contributed by atoms with Gasteiger partial charge in [-0.3, -0.25) is 9.69 Å². The molecule has 0 unspecified atom stereocenters. The monoisotopic (exact) mass is 426 g/mol. The van der Waals surface area contributed by atoms with Gasteiger partial charge in [0.1, 0.15) is 5.82 Å². The van der Waals surface area contributed by atoms with Crippen molar-refractivity contribution in [3.63, 3.8) is 0 Å². The molecular weight excluding hydrogens is 395 g/mol. The first kappa shape index (κ1) is 22.7. The van der Waals surface area contributed by atoms with Gasteiger partial charge in [0.2, 0.25) is 5.91 Å². The lowest BCUT2D eigenvalue weighted by atomic mass is 10.0. The lowest BCUT2D eigenvalue weighted by Crippen LogP contribution is -2.49. The Bertz CT molecular complexity index is 893. The number of halogens is 1. The van der Waals surface area contributed by atoms with Crippen molar-refractivity contribution in [2.75, 3.05) is 26.2 Å². The van der Waals surface area contributed by atoms with E-state index < -0.39 is 17.9 Å². The quantitative estimate of drug-likeness (QED) is 0.712. The summed E-state index contributed by atoms with van der Waals surface area (Å²) in [6.07, 6.45) is -0.0272. The number of benzene rings is 2. The number of nitrogens with two attached hydrogens (primary N) is 1. The van der Waals surface area contributed by atoms with Crippen LogP contribution in [0.3, 0.4) is 0 Å². The number of piperazine rings is 1. The highest BCUT2D eigenvalue weighted by Crippen LogP contribution is 2.22. The maximum absolute atomic E-state index is 14.2. The number of hydrogen-bond donors (Lipinski definition) is 2. The maximum atomic E-state index is 14.2. The molecule has 1 atom stereocenters. The summed E-state index contributed by atoms with van der Waals surface area (Å²) in [5, 5.41) is 2.50. The van der Waals surface area contributed by atoms with E-state index in [4.69, 9.17) is 5.73 Å². The van der Waals surface area contributed by atoms with Gasteiger partial charge >= 0.3 is 6.03 Å². The average Bonchev–Trinajstić information content (AvgIpc) is 2.74. The normalized spacial score (nSPS) is 15.7. The van der Waals surface area contributed by atoms with Crippen LogP contribution in [0.1, 0.15) is 48.9 Å². The number of carbonyl (C=O) groups excluding carboxylic acids is 2. The van der Waals surface area contributed by atoms with E-state index in [2.05, 4.69) is 48.3 Å². The van der Waals surface area contributed by atoms with E-state index in [1.54, 1.807) is 23.1 Å². The summed E-state index contributed by atoms with van der Waals surface area (Å²) in [5.74, 6) is -0.0776. The van der Waals surface area contributed by atoms with Crippen LogP contribution in [-0.4, -0.2) is 47.9 Å². The van der Waals surface area contributed by atoms with Crippen LogP contribution in [0.25, 0.3) is 0 Å². The minimum Gasteiger partial charge on any atom is -0.352 e. The van der Waals surface area contributed by atoms with Gasteiger partial charge in [-0.1, -0.05) is 56.3 Å². The van der Waals surface area contributed by atoms with Gasteiger partial charge in [-0.15, -0.1) is 0 Å². The first-order chi connectivity index (χ1) is 14.8. The molecule has 3 rings (SSSR count). The highest BCUT2D eigenvalue weighted by molar-refractivity contribution is 5.79. The van der Waals surface area contributed by atoms with Crippen LogP contribution in [-0.2, 0) is 11.3 Å². The van der Waals surface area contributed by atoms with Gasteiger partial charge in [0.05, 0.1) is 12.5 Å². The molecule has 0 radical (unpaired) electrons. The maximum Gasteiger partial charge on any atom is 0.312 e. The summed E-state index contributed by atoms with van der Waals surface area (Å²) in [4.78, 5) is 28.3. The number of primary amides is 1. The van der Waals surface area contributed by atoms with Crippen molar-refractivity contribution in [3.05, 3.63) is 71.0 Å². The third-order valence-electron chi connectivity index (χ3n) is 5.75. The van der Waals surface area contributed by atoms with Gasteiger partial charge in [-0.25, -0.2) is 9.18 Å². The van der Waals surface area contributed by atoms with E-state index in [0.29, 0.717) is 19.0 Å². The number of rotatable bonds is 7. The topological polar surface area (TPSA) is 78.7 Å². The number of carbonyl (C=O) groups is 2. The molecule has 1 heterocycles. The van der Waals surface area contributed by atoms with Crippen molar-refractivity contribution in [2.24, 2.45) is 5.73 Å². The minimum atomic E-state index is -0.788. The molecule has 6 nitrogen and oxygen atoms in total. The lowest BCUT2D eigenvalue weighted by Gasteiger charge is -2.35. The molecule has 166 valence electrons. The largest absolute Gasteiger partial charge is 0.352 e. The van der Waals surface area contributed by atoms with Crippen LogP contribution in [0.5, 0.6) is 0 Å². The van der Waals surface area contributed by atoms with Gasteiger partial charge in [0.15, 0.2) is 0 Å². The molecule has 3 amide bonds. The van der Waals surface area contributed by atoms with Crippen molar-refractivity contribution >= 4 is 11.9 Å². The third kappa shape index (κ3) is 6.28. The fourth-order valence-corrected chi connectivity index (χ4v) is 3.89. The van der Waals surface area contributed by atoms with E-state index in [1.807, 2.05) is 0 Å². The molecule has 0 aromatic heterocycles. The van der Waals surface area contributed by atoms with E-state index in [0.717, 1.165) is 19.6 Å². The Labute approximate surface area is 183 Å². The number of hydrogen-bond acceptors (Lipinski definition) is 3. The molecule has 0 saturated carbocycles. The molecule has 0 bridgehead atoms. The SMILES string of the molecule is CC(C)c1ccc(CN2CCN(C(=O)C[C@H](NC(N)=O)c3ccccc3F)CC2)cc1. The average molecular weight is 427 g/mol. The molecule has 31 heavy (non-hydrogen) atoms. The Morgan fingerprint density at radius 1 is 1.03 bits per heavy atom. The highest BCUT2D eigenvalue weighted by Gasteiger charge is 2.26. The van der Waals surface area contributed by atoms with Crippen molar-refractivity contribution in [1.82, 2.24) is 15.1 Å². The molecular formula is C24H31FN4O2. The Morgan fingerprint density at radius 2 is 1.68 bits per heavy atom. The fraction of sp³-hybridized carbons (Fsp3) is 0.417. The van der Waals surface area contributed by atoms with Crippen LogP contribution < -0.4 is 11.1 Å². The summed E-state index contributed by atoms with van der Waals surface area (Å²) in [6.45, 7) is 7.95. The van der Waals surface area contributed by atoms with Gasteiger partial charge in [0.25, 0.3) is 0 Å². The Kier molecular flexibility index (Phi) is 7.63. The minimum absolute atomic E-state index is 0.0272. The van der Waals surface area contributed by atoms with E-state index in [-0.39, 0.29) is 17.9 Å². The standard InChI is InChI=1S/C24H31FN4O2/c1-17(2)19-9-7-18(8-10-19)16-28-11-13-29(14-12-28)23(30)15-22(27-24(26)31)20-5-3-4-6-21(20)25/h3-10,17,22H,11-16H2,1-2H3,(H3,26,27,31)/t22-/m0/s1. The van der Waals surface area contributed by atoms with Gasteiger partial charge in [0, 0.05) is 38.3 Å². The molecule has 0 spiro atoms. The van der Waals surface area contributed by atoms with Crippen LogP contribution in [0, 0.1) is 5.82 Å². The second kappa shape index (κ2) is 10.4. The van der Waals surface area contributed by atoms with Crippen molar-refractivity contribution in [1.29, 1.82) is 0 Å². The Morgan fingerprint density at radius 3 is 2.26 bits per heavy atom. The van der Waals surface area contributed by atoms with Crippen molar-refractivity contribution < 1.29 is 14.0 Å². The zero-order chi connectivity index (χ0) is 22.4. The predicted molar refractivity (Wildman–Crippen MR) is 119 cm³/mol. The number of urea groups is 1. The first-order valence-corrected chi connectivity index (χ1v) is 10.7. The predicted octanol–water partition coefficient (Wildman–Crippen LogP) is 3.39. The van der Waals surface area contributed by atoms with Crippen LogP contribution in [0.15, 0.2) is 48.5 Å². The summed E-state index contributed by atoms with van der Waals surface area (Å²) in [6, 6.07) is 13.2. The second-order valence-corrected chi connectivity index (χ2v) is 8.34. The van der Waals surface area contributed by atoms with Crippen LogP contribution >= 0.6 is 0 Å². The van der Waals surface area contributed by atoms with Crippen molar-refractivity contribution in [2.45, 2.75) is 38.8 Å². The van der Waals surface area contributed by atoms with Gasteiger partial charge < -0.3 is 16.0 Å². The van der Waals surface area contributed by atoms with E-state index in [9.17, 15) is 14.0 Å². The zero-order valence-electron chi connectivity index (χ0n) is 18.2. The van der Waals surface area contributed by atoms with Crippen LogP contribution in [0.2, 0.25) is 0 Å². The second-order valence-electron chi connectivity index (χ2n) is 8.34. The summed E-state index contributed by atoms with van der Waals surface area (Å²) >= 11 is 0. The Hall–Kier alpha value is -2.93. The van der Waals surface area contributed by atoms with E-state index >= 15 is 0 Å². The summed E-state index contributed by atoms with van der Waals surface area (Å²) < 4.78 is 14.2. The highest BCUT2D eigenvalue weighted by atomic mass is 19.1. The molecule has 1 saturated heterocycles. The number of nitrogens with one attached hydrogen (secondary N) is 1. The van der Waals surface area contributed by atoms with Gasteiger partial charge in [-0.2, -0.15) is 0 Å². The summed E-state index contributed by atoms with van der Waals surface area (Å²) in [5.41, 5.74) is 8.10. The van der Waals surface area contributed by atoms with Crippen molar-refractivity contribution in [3.8, 4) is 0 Å². The molecule has 3 N–H and O–H groups in total. The molecule has 0 aliphatic carbocycles. The lowest BCUT2D eigenvalue weighted by molar-refractivity contribution is -0.133. The Balaban J connectivity index is 1.55. The molecule has 2 aromatic rings. The van der Waals surface area contributed by atoms with Crippen LogP contribution in [0.4, 0.5) is 9.18 Å². The smallest absolute Gasteiger partial charge is 0.312 e. The number of amides is 3. The number of nitrogens with zero attached hydrogens (tertiary/aromatic N) is 2. The van der Waals surface area contributed by atoms with Gasteiger partial charge in [-0.05, 0) is 23.1 Å². The zero-order valence-corrected chi connectivity index (χ0v) is 18.2. The third-order valence-corrected chi connectivity index (χ3v) is 5.75. The molecule has 1 aliphatic rings. The fourth-order valence-electron chi connectivity index (χ4n) is 3.89. The molecule has 1 aliphatic heterocycles. The summed E-state index contributed by atoms with van der Waals surface area (Å²) in [7, 11) is 0.